The Bertz CT molecular complexity index is 1290. The first-order valence-corrected chi connectivity index (χ1v) is 14.8. The predicted molar refractivity (Wildman–Crippen MR) is 141 cm³/mol. The minimum atomic E-state index is -4.59. The Morgan fingerprint density at radius 1 is 1.08 bits per heavy atom. The molecular weight excluding hydrogens is 531 g/mol. The van der Waals surface area contributed by atoms with Gasteiger partial charge in [-0.25, -0.2) is 8.42 Å². The molecule has 2 aromatic carbocycles. The third kappa shape index (κ3) is 6.63. The molecule has 212 valence electrons. The molecule has 7 nitrogen and oxygen atoms in total. The molecule has 0 spiro atoms. The fourth-order valence-corrected chi connectivity index (χ4v) is 7.41. The lowest BCUT2D eigenvalue weighted by molar-refractivity contribution is -0.137. The number of hydrogen-bond acceptors (Lipinski definition) is 5. The first-order chi connectivity index (χ1) is 18.4. The Labute approximate surface area is 227 Å². The van der Waals surface area contributed by atoms with E-state index in [2.05, 4.69) is 10.2 Å². The summed E-state index contributed by atoms with van der Waals surface area (Å²) < 4.78 is 65.8. The number of sulfone groups is 1. The summed E-state index contributed by atoms with van der Waals surface area (Å²) in [6, 6.07) is 11.3. The van der Waals surface area contributed by atoms with E-state index in [9.17, 15) is 31.2 Å². The molecule has 1 N–H and O–H groups in total. The molecule has 11 heteroatoms. The van der Waals surface area contributed by atoms with Crippen molar-refractivity contribution >= 4 is 21.7 Å². The number of nitrogens with zero attached hydrogens (tertiary/aromatic N) is 2. The van der Waals surface area contributed by atoms with Crippen molar-refractivity contribution in [3.8, 4) is 0 Å². The minimum absolute atomic E-state index is 0.0965. The molecule has 0 unspecified atom stereocenters. The fourth-order valence-electron chi connectivity index (χ4n) is 5.72. The molecule has 2 aromatic rings. The monoisotopic (exact) mass is 565 g/mol. The molecule has 1 saturated heterocycles. The number of halogens is 3. The normalized spacial score (nSPS) is 24.3. The van der Waals surface area contributed by atoms with Crippen molar-refractivity contribution in [1.29, 1.82) is 0 Å². The van der Waals surface area contributed by atoms with E-state index in [-0.39, 0.29) is 40.1 Å². The van der Waals surface area contributed by atoms with Crippen molar-refractivity contribution in [3.05, 3.63) is 65.7 Å². The van der Waals surface area contributed by atoms with Crippen LogP contribution >= 0.6 is 0 Å². The Morgan fingerprint density at radius 3 is 2.46 bits per heavy atom. The summed E-state index contributed by atoms with van der Waals surface area (Å²) in [5.41, 5.74) is -1.11. The molecule has 0 bridgehead atoms. The molecule has 0 radical (unpaired) electrons. The molecule has 4 atom stereocenters. The molecule has 4 rings (SSSR count). The molecule has 2 aliphatic rings. The van der Waals surface area contributed by atoms with E-state index < -0.39 is 33.5 Å². The first-order valence-electron chi connectivity index (χ1n) is 13.2. The van der Waals surface area contributed by atoms with E-state index in [1.807, 2.05) is 14.0 Å². The van der Waals surface area contributed by atoms with Crippen LogP contribution in [0.15, 0.2) is 59.5 Å². The SMILES string of the molecule is CCN(C)[C@@H]1CC[C@H](N2CC[C@H](NC(=O)c3cccc(C(F)(F)F)c3)C2=O)[C@H](CS(=O)(=O)c2ccccc2)C1. The van der Waals surface area contributed by atoms with Gasteiger partial charge in [-0.05, 0) is 75.5 Å². The quantitative estimate of drug-likeness (QED) is 0.523. The molecule has 1 heterocycles. The van der Waals surface area contributed by atoms with Gasteiger partial charge in [-0.3, -0.25) is 9.59 Å². The summed E-state index contributed by atoms with van der Waals surface area (Å²) in [4.78, 5) is 30.3. The second kappa shape index (κ2) is 11.7. The molecular formula is C28H34F3N3O4S. The summed E-state index contributed by atoms with van der Waals surface area (Å²) in [7, 11) is -1.59. The number of hydrogen-bond donors (Lipinski definition) is 1. The van der Waals surface area contributed by atoms with Gasteiger partial charge < -0.3 is 15.1 Å². The summed E-state index contributed by atoms with van der Waals surface area (Å²) in [5, 5.41) is 2.59. The van der Waals surface area contributed by atoms with Gasteiger partial charge in [-0.1, -0.05) is 31.2 Å². The van der Waals surface area contributed by atoms with Crippen LogP contribution in [-0.4, -0.2) is 74.0 Å². The number of carbonyl (C=O) groups excluding carboxylic acids is 2. The third-order valence-electron chi connectivity index (χ3n) is 7.97. The Morgan fingerprint density at radius 2 is 1.79 bits per heavy atom. The highest BCUT2D eigenvalue weighted by atomic mass is 32.2. The number of alkyl halides is 3. The molecule has 1 aliphatic heterocycles. The van der Waals surface area contributed by atoms with Crippen LogP contribution in [0, 0.1) is 5.92 Å². The highest BCUT2D eigenvalue weighted by molar-refractivity contribution is 7.91. The number of rotatable bonds is 8. The van der Waals surface area contributed by atoms with Gasteiger partial charge in [0.05, 0.1) is 16.2 Å². The van der Waals surface area contributed by atoms with Crippen molar-refractivity contribution in [2.75, 3.05) is 25.9 Å². The lowest BCUT2D eigenvalue weighted by atomic mass is 9.81. The van der Waals surface area contributed by atoms with Gasteiger partial charge >= 0.3 is 6.18 Å². The zero-order chi connectivity index (χ0) is 28.4. The van der Waals surface area contributed by atoms with E-state index in [0.717, 1.165) is 31.2 Å². The number of likely N-dealkylation sites (tertiary alicyclic amines) is 1. The minimum Gasteiger partial charge on any atom is -0.340 e. The van der Waals surface area contributed by atoms with Crippen molar-refractivity contribution < 1.29 is 31.2 Å². The van der Waals surface area contributed by atoms with E-state index in [1.54, 1.807) is 35.2 Å². The Balaban J connectivity index is 1.50. The standard InChI is InChI=1S/C28H34F3N3O4S/c1-3-33(2)22-12-13-25(20(17-22)18-39(37,38)23-10-5-4-6-11-23)34-15-14-24(27(34)36)32-26(35)19-8-7-9-21(16-19)28(29,30)31/h4-11,16,20,22,24-25H,3,12-15,17-18H2,1-2H3,(H,32,35)/t20-,22+,24-,25-/m0/s1. The van der Waals surface area contributed by atoms with Crippen LogP contribution in [0.3, 0.4) is 0 Å². The second-order valence-corrected chi connectivity index (χ2v) is 12.4. The number of amides is 2. The summed E-state index contributed by atoms with van der Waals surface area (Å²) in [5.74, 6) is -1.48. The topological polar surface area (TPSA) is 86.8 Å². The van der Waals surface area contributed by atoms with Crippen LogP contribution in [0.2, 0.25) is 0 Å². The average molecular weight is 566 g/mol. The van der Waals surface area contributed by atoms with Crippen LogP contribution < -0.4 is 5.32 Å². The van der Waals surface area contributed by atoms with Gasteiger partial charge in [0.2, 0.25) is 5.91 Å². The zero-order valence-electron chi connectivity index (χ0n) is 22.0. The van der Waals surface area contributed by atoms with Gasteiger partial charge in [0.1, 0.15) is 6.04 Å². The Hall–Kier alpha value is -2.92. The van der Waals surface area contributed by atoms with Gasteiger partial charge in [0.15, 0.2) is 9.84 Å². The van der Waals surface area contributed by atoms with Crippen molar-refractivity contribution in [2.24, 2.45) is 5.92 Å². The fraction of sp³-hybridized carbons (Fsp3) is 0.500. The summed E-state index contributed by atoms with van der Waals surface area (Å²) >= 11 is 0. The largest absolute Gasteiger partial charge is 0.416 e. The molecule has 2 fully saturated rings. The Kier molecular flexibility index (Phi) is 8.70. The van der Waals surface area contributed by atoms with Crippen molar-refractivity contribution in [1.82, 2.24) is 15.1 Å². The van der Waals surface area contributed by atoms with Gasteiger partial charge in [-0.15, -0.1) is 0 Å². The molecule has 0 aromatic heterocycles. The van der Waals surface area contributed by atoms with Crippen LogP contribution in [-0.2, 0) is 20.8 Å². The maximum Gasteiger partial charge on any atom is 0.416 e. The number of nitrogens with one attached hydrogen (secondary N) is 1. The maximum absolute atomic E-state index is 13.4. The van der Waals surface area contributed by atoms with E-state index >= 15 is 0 Å². The van der Waals surface area contributed by atoms with Crippen LogP contribution in [0.5, 0.6) is 0 Å². The molecule has 2 amide bonds. The van der Waals surface area contributed by atoms with Crippen LogP contribution in [0.1, 0.15) is 48.5 Å². The second-order valence-electron chi connectivity index (χ2n) is 10.4. The highest BCUT2D eigenvalue weighted by Crippen LogP contribution is 2.35. The van der Waals surface area contributed by atoms with Gasteiger partial charge in [0, 0.05) is 24.2 Å². The summed E-state index contributed by atoms with van der Waals surface area (Å²) in [6.45, 7) is 3.20. The maximum atomic E-state index is 13.4. The smallest absolute Gasteiger partial charge is 0.340 e. The number of carbonyl (C=O) groups is 2. The molecule has 1 saturated carbocycles. The lowest BCUT2D eigenvalue weighted by Gasteiger charge is -2.43. The van der Waals surface area contributed by atoms with Crippen molar-refractivity contribution in [2.45, 2.75) is 61.8 Å². The average Bonchev–Trinajstić information content (AvgIpc) is 3.27. The van der Waals surface area contributed by atoms with Crippen molar-refractivity contribution in [3.63, 3.8) is 0 Å². The lowest BCUT2D eigenvalue weighted by Crippen LogP contribution is -2.52. The number of benzene rings is 2. The van der Waals surface area contributed by atoms with Gasteiger partial charge in [-0.2, -0.15) is 13.2 Å². The van der Waals surface area contributed by atoms with Crippen LogP contribution in [0.4, 0.5) is 13.2 Å². The molecule has 1 aliphatic carbocycles. The van der Waals surface area contributed by atoms with Crippen LogP contribution in [0.25, 0.3) is 0 Å². The zero-order valence-corrected chi connectivity index (χ0v) is 22.8. The summed E-state index contributed by atoms with van der Waals surface area (Å²) in [6.07, 6.45) is -2.23. The van der Waals surface area contributed by atoms with E-state index in [4.69, 9.17) is 0 Å². The highest BCUT2D eigenvalue weighted by Gasteiger charge is 2.44. The molecule has 39 heavy (non-hydrogen) atoms. The predicted octanol–water partition coefficient (Wildman–Crippen LogP) is 4.00. The van der Waals surface area contributed by atoms with E-state index in [0.29, 0.717) is 25.8 Å². The third-order valence-corrected chi connectivity index (χ3v) is 9.83. The van der Waals surface area contributed by atoms with Gasteiger partial charge in [0.25, 0.3) is 5.91 Å². The first kappa shape index (κ1) is 29.1. The van der Waals surface area contributed by atoms with E-state index in [1.165, 1.54) is 6.07 Å².